The van der Waals surface area contributed by atoms with Gasteiger partial charge in [0.05, 0.1) is 17.5 Å². The molecule has 6 heteroatoms. The molecule has 0 aliphatic carbocycles. The van der Waals surface area contributed by atoms with E-state index in [1.54, 1.807) is 12.3 Å². The molecular weight excluding hydrogens is 280 g/mol. The Labute approximate surface area is 128 Å². The molecule has 3 rings (SSSR count). The van der Waals surface area contributed by atoms with E-state index >= 15 is 0 Å². The monoisotopic (exact) mass is 300 g/mol. The molecule has 0 radical (unpaired) electrons. The van der Waals surface area contributed by atoms with E-state index in [2.05, 4.69) is 16.5 Å². The van der Waals surface area contributed by atoms with Crippen LogP contribution < -0.4 is 5.32 Å². The fraction of sp³-hybridized carbons (Fsp3) is 0.375. The third kappa shape index (κ3) is 2.64. The molecular formula is C16H20N4O2. The molecule has 3 aromatic heterocycles. The summed E-state index contributed by atoms with van der Waals surface area (Å²) in [5.74, 6) is -0.0812. The number of carbonyl (C=O) groups is 1. The number of rotatable bonds is 5. The minimum atomic E-state index is -0.0812. The van der Waals surface area contributed by atoms with Crippen LogP contribution in [0, 0.1) is 13.8 Å². The molecule has 0 aliphatic rings. The van der Waals surface area contributed by atoms with Crippen LogP contribution in [0.3, 0.4) is 0 Å². The van der Waals surface area contributed by atoms with Crippen molar-refractivity contribution in [1.82, 2.24) is 19.7 Å². The summed E-state index contributed by atoms with van der Waals surface area (Å²) in [4.78, 5) is 12.2. The maximum Gasteiger partial charge on any atom is 0.268 e. The quantitative estimate of drug-likeness (QED) is 0.736. The second-order valence-corrected chi connectivity index (χ2v) is 5.52. The molecule has 3 heterocycles. The second-order valence-electron chi connectivity index (χ2n) is 5.52. The Morgan fingerprint density at radius 3 is 2.86 bits per heavy atom. The Balaban J connectivity index is 1.55. The van der Waals surface area contributed by atoms with Crippen LogP contribution in [0.1, 0.15) is 28.3 Å². The fourth-order valence-electron chi connectivity index (χ4n) is 2.69. The van der Waals surface area contributed by atoms with E-state index in [0.717, 1.165) is 35.5 Å². The Hall–Kier alpha value is -2.50. The number of carbonyl (C=O) groups excluding carboxylic acids is 1. The molecule has 0 atom stereocenters. The van der Waals surface area contributed by atoms with Crippen LogP contribution in [-0.2, 0) is 13.6 Å². The molecule has 116 valence electrons. The number of fused-ring (bicyclic) bond motifs is 1. The van der Waals surface area contributed by atoms with Gasteiger partial charge in [0.2, 0.25) is 0 Å². The molecule has 0 aliphatic heterocycles. The van der Waals surface area contributed by atoms with E-state index in [0.29, 0.717) is 12.2 Å². The molecule has 0 saturated carbocycles. The van der Waals surface area contributed by atoms with Crippen LogP contribution in [0.2, 0.25) is 0 Å². The highest BCUT2D eigenvalue weighted by atomic mass is 16.3. The van der Waals surface area contributed by atoms with Gasteiger partial charge < -0.3 is 14.3 Å². The standard InChI is InChI=1S/C16H20N4O2/c1-11-9-12(2)20(18-11)7-4-6-17-16(21)14-10-15-13(19(14)3)5-8-22-15/h5,8-10H,4,6-7H2,1-3H3,(H,17,21). The normalized spacial score (nSPS) is 11.2. The van der Waals surface area contributed by atoms with Gasteiger partial charge in [-0.25, -0.2) is 0 Å². The lowest BCUT2D eigenvalue weighted by Crippen LogP contribution is -2.27. The third-order valence-electron chi connectivity index (χ3n) is 3.83. The molecule has 0 saturated heterocycles. The molecule has 0 fully saturated rings. The molecule has 1 N–H and O–H groups in total. The van der Waals surface area contributed by atoms with E-state index in [-0.39, 0.29) is 5.91 Å². The topological polar surface area (TPSA) is 65.0 Å². The fourth-order valence-corrected chi connectivity index (χ4v) is 2.69. The summed E-state index contributed by atoms with van der Waals surface area (Å²) in [6.07, 6.45) is 2.47. The average Bonchev–Trinajstić information content (AvgIpc) is 3.13. The van der Waals surface area contributed by atoms with Crippen molar-refractivity contribution >= 4 is 17.0 Å². The molecule has 3 aromatic rings. The lowest BCUT2D eigenvalue weighted by molar-refractivity contribution is 0.0945. The highest BCUT2D eigenvalue weighted by Crippen LogP contribution is 2.19. The van der Waals surface area contributed by atoms with Gasteiger partial charge in [0.25, 0.3) is 5.91 Å². The number of nitrogens with one attached hydrogen (secondary N) is 1. The number of furan rings is 1. The first-order valence-electron chi connectivity index (χ1n) is 7.38. The smallest absolute Gasteiger partial charge is 0.268 e. The molecule has 6 nitrogen and oxygen atoms in total. The maximum atomic E-state index is 12.2. The molecule has 0 unspecified atom stereocenters. The summed E-state index contributed by atoms with van der Waals surface area (Å²) < 4.78 is 9.13. The number of hydrogen-bond donors (Lipinski definition) is 1. The summed E-state index contributed by atoms with van der Waals surface area (Å²) in [6.45, 7) is 5.44. The molecule has 0 spiro atoms. The third-order valence-corrected chi connectivity index (χ3v) is 3.83. The minimum Gasteiger partial charge on any atom is -0.463 e. The van der Waals surface area contributed by atoms with Gasteiger partial charge in [-0.3, -0.25) is 9.48 Å². The van der Waals surface area contributed by atoms with Gasteiger partial charge in [-0.1, -0.05) is 0 Å². The number of amides is 1. The second kappa shape index (κ2) is 5.71. The highest BCUT2D eigenvalue weighted by Gasteiger charge is 2.14. The van der Waals surface area contributed by atoms with Gasteiger partial charge in [-0.05, 0) is 26.3 Å². The predicted molar refractivity (Wildman–Crippen MR) is 83.8 cm³/mol. The minimum absolute atomic E-state index is 0.0812. The highest BCUT2D eigenvalue weighted by molar-refractivity contribution is 5.97. The zero-order valence-corrected chi connectivity index (χ0v) is 13.1. The Morgan fingerprint density at radius 2 is 2.18 bits per heavy atom. The Kier molecular flexibility index (Phi) is 3.75. The summed E-state index contributed by atoms with van der Waals surface area (Å²) in [5.41, 5.74) is 4.43. The first-order valence-corrected chi connectivity index (χ1v) is 7.38. The average molecular weight is 300 g/mol. The van der Waals surface area contributed by atoms with Crippen molar-refractivity contribution in [2.24, 2.45) is 7.05 Å². The van der Waals surface area contributed by atoms with Gasteiger partial charge >= 0.3 is 0 Å². The number of nitrogens with zero attached hydrogens (tertiary/aromatic N) is 3. The summed E-state index contributed by atoms with van der Waals surface area (Å²) in [5, 5.41) is 7.35. The molecule has 0 aromatic carbocycles. The Bertz CT molecular complexity index is 809. The van der Waals surface area contributed by atoms with Gasteiger partial charge in [-0.15, -0.1) is 0 Å². The van der Waals surface area contributed by atoms with E-state index in [4.69, 9.17) is 4.42 Å². The van der Waals surface area contributed by atoms with Crippen LogP contribution in [0.5, 0.6) is 0 Å². The Morgan fingerprint density at radius 1 is 1.36 bits per heavy atom. The van der Waals surface area contributed by atoms with Crippen molar-refractivity contribution in [2.45, 2.75) is 26.8 Å². The van der Waals surface area contributed by atoms with Gasteiger partial charge in [0, 0.05) is 38.0 Å². The zero-order chi connectivity index (χ0) is 15.7. The van der Waals surface area contributed by atoms with Crippen LogP contribution in [0.25, 0.3) is 11.1 Å². The van der Waals surface area contributed by atoms with Crippen LogP contribution >= 0.6 is 0 Å². The zero-order valence-electron chi connectivity index (χ0n) is 13.1. The van der Waals surface area contributed by atoms with Crippen molar-refractivity contribution in [3.8, 4) is 0 Å². The molecule has 0 bridgehead atoms. The van der Waals surface area contributed by atoms with Crippen molar-refractivity contribution in [3.63, 3.8) is 0 Å². The van der Waals surface area contributed by atoms with E-state index < -0.39 is 0 Å². The SMILES string of the molecule is Cc1cc(C)n(CCCNC(=O)c2cc3occc3n2C)n1. The number of aryl methyl sites for hydroxylation is 4. The van der Waals surface area contributed by atoms with Crippen LogP contribution in [0.15, 0.2) is 28.9 Å². The predicted octanol–water partition coefficient (Wildman–Crippen LogP) is 2.40. The lowest BCUT2D eigenvalue weighted by atomic mass is 10.3. The van der Waals surface area contributed by atoms with Crippen molar-refractivity contribution in [1.29, 1.82) is 0 Å². The molecule has 1 amide bonds. The lowest BCUT2D eigenvalue weighted by Gasteiger charge is -2.07. The number of hydrogen-bond acceptors (Lipinski definition) is 3. The largest absolute Gasteiger partial charge is 0.463 e. The first-order chi connectivity index (χ1) is 10.6. The number of aromatic nitrogens is 3. The van der Waals surface area contributed by atoms with E-state index in [1.807, 2.05) is 36.2 Å². The summed E-state index contributed by atoms with van der Waals surface area (Å²) >= 11 is 0. The van der Waals surface area contributed by atoms with Gasteiger partial charge in [-0.2, -0.15) is 5.10 Å². The van der Waals surface area contributed by atoms with Gasteiger partial charge in [0.15, 0.2) is 5.58 Å². The summed E-state index contributed by atoms with van der Waals surface area (Å²) in [7, 11) is 1.86. The summed E-state index contributed by atoms with van der Waals surface area (Å²) in [6, 6.07) is 5.68. The van der Waals surface area contributed by atoms with E-state index in [9.17, 15) is 4.79 Å². The van der Waals surface area contributed by atoms with Crippen molar-refractivity contribution in [3.05, 3.63) is 41.5 Å². The molecule has 22 heavy (non-hydrogen) atoms. The van der Waals surface area contributed by atoms with Crippen LogP contribution in [-0.4, -0.2) is 26.8 Å². The van der Waals surface area contributed by atoms with E-state index in [1.165, 1.54) is 0 Å². The van der Waals surface area contributed by atoms with Crippen molar-refractivity contribution in [2.75, 3.05) is 6.54 Å². The first kappa shape index (κ1) is 14.4. The maximum absolute atomic E-state index is 12.2. The van der Waals surface area contributed by atoms with Crippen molar-refractivity contribution < 1.29 is 9.21 Å². The van der Waals surface area contributed by atoms with Gasteiger partial charge in [0.1, 0.15) is 5.69 Å². The van der Waals surface area contributed by atoms with Crippen LogP contribution in [0.4, 0.5) is 0 Å².